The molecule has 1 saturated heterocycles. The molecule has 0 aliphatic carbocycles. The summed E-state index contributed by atoms with van der Waals surface area (Å²) < 4.78 is 0. The molecule has 1 aromatic heterocycles. The zero-order chi connectivity index (χ0) is 14.7. The van der Waals surface area contributed by atoms with E-state index in [-0.39, 0.29) is 24.4 Å². The minimum absolute atomic E-state index is 0.163. The maximum atomic E-state index is 11.6. The summed E-state index contributed by atoms with van der Waals surface area (Å²) in [6.45, 7) is 5.01. The van der Waals surface area contributed by atoms with Gasteiger partial charge in [0, 0.05) is 13.1 Å². The molecular weight excluding hydrogens is 280 g/mol. The number of nitrogens with zero attached hydrogens (tertiary/aromatic N) is 2. The van der Waals surface area contributed by atoms with Crippen LogP contribution >= 0.6 is 11.6 Å². The van der Waals surface area contributed by atoms with Gasteiger partial charge < -0.3 is 5.32 Å². The first-order valence-corrected chi connectivity index (χ1v) is 6.86. The number of pyridine rings is 1. The third-order valence-electron chi connectivity index (χ3n) is 3.17. The molecule has 20 heavy (non-hydrogen) atoms. The first-order chi connectivity index (χ1) is 9.51. The number of anilines is 1. The van der Waals surface area contributed by atoms with Crippen molar-refractivity contribution in [2.24, 2.45) is 0 Å². The van der Waals surface area contributed by atoms with Crippen LogP contribution in [0.1, 0.15) is 19.5 Å². The molecule has 1 aliphatic heterocycles. The van der Waals surface area contributed by atoms with Crippen molar-refractivity contribution in [2.45, 2.75) is 26.4 Å². The molecule has 2 N–H and O–H groups in total. The first kappa shape index (κ1) is 14.7. The minimum Gasteiger partial charge on any atom is -0.370 e. The second kappa shape index (κ2) is 6.19. The van der Waals surface area contributed by atoms with Crippen molar-refractivity contribution in [1.82, 2.24) is 15.2 Å². The Morgan fingerprint density at radius 1 is 1.50 bits per heavy atom. The summed E-state index contributed by atoms with van der Waals surface area (Å²) in [5.74, 6) is 0.139. The van der Waals surface area contributed by atoms with Crippen LogP contribution in [0.5, 0.6) is 0 Å². The number of hydrogen-bond acceptors (Lipinski definition) is 5. The van der Waals surface area contributed by atoms with E-state index < -0.39 is 0 Å². The smallest absolute Gasteiger partial charge is 0.243 e. The number of aromatic nitrogens is 1. The van der Waals surface area contributed by atoms with Gasteiger partial charge in [0.05, 0.1) is 23.3 Å². The number of piperazine rings is 1. The molecule has 1 aromatic rings. The molecule has 1 aliphatic rings. The third kappa shape index (κ3) is 3.26. The second-order valence-corrected chi connectivity index (χ2v) is 5.06. The van der Waals surface area contributed by atoms with Crippen molar-refractivity contribution in [1.29, 1.82) is 0 Å². The van der Waals surface area contributed by atoms with Crippen molar-refractivity contribution < 1.29 is 9.59 Å². The van der Waals surface area contributed by atoms with Crippen LogP contribution in [0, 0.1) is 0 Å². The van der Waals surface area contributed by atoms with Crippen LogP contribution in [0.25, 0.3) is 0 Å². The number of imide groups is 1. The normalized spacial score (nSPS) is 19.9. The molecule has 2 amide bonds. The van der Waals surface area contributed by atoms with Gasteiger partial charge in [-0.1, -0.05) is 11.6 Å². The van der Waals surface area contributed by atoms with Crippen LogP contribution in [0.4, 0.5) is 5.82 Å². The van der Waals surface area contributed by atoms with Gasteiger partial charge in [0.2, 0.25) is 11.8 Å². The van der Waals surface area contributed by atoms with Crippen LogP contribution in [-0.4, -0.2) is 40.8 Å². The zero-order valence-corrected chi connectivity index (χ0v) is 12.2. The summed E-state index contributed by atoms with van der Waals surface area (Å²) in [6, 6.07) is 3.18. The molecule has 2 rings (SSSR count). The van der Waals surface area contributed by atoms with Crippen molar-refractivity contribution in [3.8, 4) is 0 Å². The maximum Gasteiger partial charge on any atom is 0.243 e. The highest BCUT2D eigenvalue weighted by molar-refractivity contribution is 6.31. The Kier molecular flexibility index (Phi) is 4.57. The summed E-state index contributed by atoms with van der Waals surface area (Å²) in [5, 5.41) is 5.94. The van der Waals surface area contributed by atoms with Gasteiger partial charge in [-0.3, -0.25) is 19.8 Å². The van der Waals surface area contributed by atoms with E-state index in [1.807, 2.05) is 6.92 Å². The van der Waals surface area contributed by atoms with E-state index >= 15 is 0 Å². The van der Waals surface area contributed by atoms with Crippen molar-refractivity contribution in [3.05, 3.63) is 22.8 Å². The van der Waals surface area contributed by atoms with E-state index in [2.05, 4.69) is 15.6 Å². The fraction of sp³-hybridized carbons (Fsp3) is 0.462. The van der Waals surface area contributed by atoms with Crippen LogP contribution < -0.4 is 10.6 Å². The van der Waals surface area contributed by atoms with Crippen LogP contribution in [-0.2, 0) is 16.1 Å². The standard InChI is InChI=1S/C13H17ClN4O2/c1-3-15-11-5-4-9(14)10(16-11)6-18-7-12(19)17-13(20)8(18)2/h4-5,8H,3,6-7H2,1-2H3,(H,15,16)(H,17,19,20). The van der Waals surface area contributed by atoms with E-state index in [1.165, 1.54) is 0 Å². The Bertz CT molecular complexity index is 535. The average molecular weight is 297 g/mol. The molecule has 108 valence electrons. The van der Waals surface area contributed by atoms with Crippen molar-refractivity contribution in [3.63, 3.8) is 0 Å². The topological polar surface area (TPSA) is 74.3 Å². The molecule has 0 bridgehead atoms. The van der Waals surface area contributed by atoms with E-state index in [9.17, 15) is 9.59 Å². The lowest BCUT2D eigenvalue weighted by Crippen LogP contribution is -2.56. The average Bonchev–Trinajstić information content (AvgIpc) is 2.39. The molecule has 7 heteroatoms. The van der Waals surface area contributed by atoms with E-state index in [4.69, 9.17) is 11.6 Å². The molecule has 1 unspecified atom stereocenters. The van der Waals surface area contributed by atoms with Gasteiger partial charge in [0.25, 0.3) is 0 Å². The zero-order valence-electron chi connectivity index (χ0n) is 11.4. The summed E-state index contributed by atoms with van der Waals surface area (Å²) in [6.07, 6.45) is 0. The molecule has 1 atom stereocenters. The van der Waals surface area contributed by atoms with Gasteiger partial charge in [-0.05, 0) is 26.0 Å². The quantitative estimate of drug-likeness (QED) is 0.811. The predicted molar refractivity (Wildman–Crippen MR) is 76.4 cm³/mol. The SMILES string of the molecule is CCNc1ccc(Cl)c(CN2CC(=O)NC(=O)C2C)n1. The van der Waals surface area contributed by atoms with Crippen molar-refractivity contribution >= 4 is 29.2 Å². The van der Waals surface area contributed by atoms with Crippen LogP contribution in [0.2, 0.25) is 5.02 Å². The van der Waals surface area contributed by atoms with Crippen LogP contribution in [0.15, 0.2) is 12.1 Å². The minimum atomic E-state index is -0.381. The third-order valence-corrected chi connectivity index (χ3v) is 3.51. The fourth-order valence-corrected chi connectivity index (χ4v) is 2.19. The molecular formula is C13H17ClN4O2. The lowest BCUT2D eigenvalue weighted by Gasteiger charge is -2.31. The van der Waals surface area contributed by atoms with Crippen molar-refractivity contribution in [2.75, 3.05) is 18.4 Å². The second-order valence-electron chi connectivity index (χ2n) is 4.65. The largest absolute Gasteiger partial charge is 0.370 e. The number of nitrogens with one attached hydrogen (secondary N) is 2. The fourth-order valence-electron chi connectivity index (χ4n) is 2.03. The van der Waals surface area contributed by atoms with E-state index in [0.717, 1.165) is 12.4 Å². The van der Waals surface area contributed by atoms with Gasteiger partial charge in [0.15, 0.2) is 0 Å². The van der Waals surface area contributed by atoms with E-state index in [1.54, 1.807) is 24.0 Å². The van der Waals surface area contributed by atoms with Gasteiger partial charge in [0.1, 0.15) is 5.82 Å². The molecule has 1 fully saturated rings. The lowest BCUT2D eigenvalue weighted by molar-refractivity contribution is -0.139. The van der Waals surface area contributed by atoms with Gasteiger partial charge in [-0.15, -0.1) is 0 Å². The first-order valence-electron chi connectivity index (χ1n) is 6.48. The summed E-state index contributed by atoms with van der Waals surface area (Å²) in [4.78, 5) is 29.2. The Labute approximate surface area is 122 Å². The van der Waals surface area contributed by atoms with Gasteiger partial charge >= 0.3 is 0 Å². The number of halogens is 1. The van der Waals surface area contributed by atoms with Crippen LogP contribution in [0.3, 0.4) is 0 Å². The Morgan fingerprint density at radius 3 is 2.95 bits per heavy atom. The summed E-state index contributed by atoms with van der Waals surface area (Å²) >= 11 is 6.13. The Morgan fingerprint density at radius 2 is 2.25 bits per heavy atom. The number of carbonyl (C=O) groups is 2. The summed E-state index contributed by atoms with van der Waals surface area (Å²) in [5.41, 5.74) is 0.652. The molecule has 6 nitrogen and oxygen atoms in total. The number of amides is 2. The molecule has 0 spiro atoms. The predicted octanol–water partition coefficient (Wildman–Crippen LogP) is 1.01. The molecule has 0 saturated carbocycles. The highest BCUT2D eigenvalue weighted by Crippen LogP contribution is 2.20. The van der Waals surface area contributed by atoms with E-state index in [0.29, 0.717) is 17.3 Å². The Balaban J connectivity index is 2.17. The lowest BCUT2D eigenvalue weighted by atomic mass is 10.2. The number of rotatable bonds is 4. The molecule has 2 heterocycles. The van der Waals surface area contributed by atoms with Gasteiger partial charge in [-0.25, -0.2) is 4.98 Å². The maximum absolute atomic E-state index is 11.6. The summed E-state index contributed by atoms with van der Waals surface area (Å²) in [7, 11) is 0. The number of hydrogen-bond donors (Lipinski definition) is 2. The van der Waals surface area contributed by atoms with Gasteiger partial charge in [-0.2, -0.15) is 0 Å². The number of carbonyl (C=O) groups excluding carboxylic acids is 2. The molecule has 0 radical (unpaired) electrons. The molecule has 0 aromatic carbocycles. The highest BCUT2D eigenvalue weighted by Gasteiger charge is 2.30. The monoisotopic (exact) mass is 296 g/mol. The highest BCUT2D eigenvalue weighted by atomic mass is 35.5. The Hall–Kier alpha value is -1.66.